The molecule has 0 saturated carbocycles. The van der Waals surface area contributed by atoms with Crippen LogP contribution in [0, 0.1) is 12.8 Å². The lowest BCUT2D eigenvalue weighted by Crippen LogP contribution is -2.19. The van der Waals surface area contributed by atoms with E-state index in [1.54, 1.807) is 38.9 Å². The summed E-state index contributed by atoms with van der Waals surface area (Å²) in [6.07, 6.45) is 5.01. The summed E-state index contributed by atoms with van der Waals surface area (Å²) in [7, 11) is 3.25. The van der Waals surface area contributed by atoms with Crippen LogP contribution in [0.2, 0.25) is 0 Å². The Labute approximate surface area is 205 Å². The SMILES string of the molecule is CNC(=O)c1ccnc2c(C(C)C(C)CNc3cc(-c4cnc(OC)c(C)c4)ncn3)cccc12. The van der Waals surface area contributed by atoms with Crippen molar-refractivity contribution >= 4 is 22.6 Å². The predicted molar refractivity (Wildman–Crippen MR) is 138 cm³/mol. The summed E-state index contributed by atoms with van der Waals surface area (Å²) in [5.74, 6) is 1.72. The van der Waals surface area contributed by atoms with Gasteiger partial charge in [-0.15, -0.1) is 0 Å². The molecule has 2 N–H and O–H groups in total. The topological polar surface area (TPSA) is 102 Å². The van der Waals surface area contributed by atoms with Crippen molar-refractivity contribution in [2.75, 3.05) is 26.0 Å². The Morgan fingerprint density at radius 1 is 1.09 bits per heavy atom. The lowest BCUT2D eigenvalue weighted by Gasteiger charge is -2.22. The predicted octanol–water partition coefficient (Wildman–Crippen LogP) is 4.62. The van der Waals surface area contributed by atoms with E-state index in [1.807, 2.05) is 31.2 Å². The number of nitrogens with zero attached hydrogens (tertiary/aromatic N) is 4. The van der Waals surface area contributed by atoms with Crippen LogP contribution in [-0.4, -0.2) is 46.5 Å². The first-order valence-corrected chi connectivity index (χ1v) is 11.6. The van der Waals surface area contributed by atoms with Crippen molar-refractivity contribution in [3.05, 3.63) is 71.8 Å². The molecule has 0 saturated heterocycles. The third-order valence-electron chi connectivity index (χ3n) is 6.41. The number of carbonyl (C=O) groups is 1. The molecular weight excluding hydrogens is 440 g/mol. The molecule has 0 radical (unpaired) electrons. The number of methoxy groups -OCH3 is 1. The number of carbonyl (C=O) groups excluding carboxylic acids is 1. The molecule has 0 aliphatic carbocycles. The molecule has 4 aromatic rings. The number of amides is 1. The first-order chi connectivity index (χ1) is 16.9. The lowest BCUT2D eigenvalue weighted by atomic mass is 9.87. The van der Waals surface area contributed by atoms with Gasteiger partial charge in [-0.25, -0.2) is 15.0 Å². The van der Waals surface area contributed by atoms with Crippen molar-refractivity contribution in [2.24, 2.45) is 5.92 Å². The molecule has 0 aliphatic heterocycles. The highest BCUT2D eigenvalue weighted by atomic mass is 16.5. The number of fused-ring (bicyclic) bond motifs is 1. The molecule has 3 heterocycles. The number of para-hydroxylation sites is 1. The Bertz CT molecular complexity index is 1360. The number of nitrogens with one attached hydrogen (secondary N) is 2. The summed E-state index contributed by atoms with van der Waals surface area (Å²) < 4.78 is 5.25. The van der Waals surface area contributed by atoms with Gasteiger partial charge in [-0.1, -0.05) is 32.0 Å². The van der Waals surface area contributed by atoms with Crippen LogP contribution in [-0.2, 0) is 0 Å². The fourth-order valence-corrected chi connectivity index (χ4v) is 4.18. The van der Waals surface area contributed by atoms with Gasteiger partial charge in [0.05, 0.1) is 23.9 Å². The minimum Gasteiger partial charge on any atom is -0.481 e. The summed E-state index contributed by atoms with van der Waals surface area (Å²) in [6.45, 7) is 7.05. The average molecular weight is 471 g/mol. The standard InChI is InChI=1S/C27H30N6O2/c1-16-11-19(14-31-27(16)35-5)23-12-24(33-15-32-23)30-13-17(2)18(3)20-7-6-8-21-22(26(34)28-4)9-10-29-25(20)21/h6-12,14-15,17-18H,13H2,1-5H3,(H,28,34)(H,30,32,33). The smallest absolute Gasteiger partial charge is 0.251 e. The molecule has 0 aliphatic rings. The average Bonchev–Trinajstić information content (AvgIpc) is 2.90. The van der Waals surface area contributed by atoms with Crippen molar-refractivity contribution in [1.29, 1.82) is 0 Å². The number of hydrogen-bond acceptors (Lipinski definition) is 7. The van der Waals surface area contributed by atoms with Crippen LogP contribution >= 0.6 is 0 Å². The van der Waals surface area contributed by atoms with Gasteiger partial charge in [0.15, 0.2) is 0 Å². The Morgan fingerprint density at radius 2 is 1.91 bits per heavy atom. The Balaban J connectivity index is 1.51. The lowest BCUT2D eigenvalue weighted by molar-refractivity contribution is 0.0964. The number of benzene rings is 1. The maximum absolute atomic E-state index is 12.3. The Morgan fingerprint density at radius 3 is 2.66 bits per heavy atom. The summed E-state index contributed by atoms with van der Waals surface area (Å²) in [5.41, 5.74) is 5.26. The van der Waals surface area contributed by atoms with E-state index in [4.69, 9.17) is 4.74 Å². The minimum atomic E-state index is -0.112. The fraction of sp³-hybridized carbons (Fsp3) is 0.296. The highest BCUT2D eigenvalue weighted by Gasteiger charge is 2.19. The van der Waals surface area contributed by atoms with Crippen LogP contribution in [0.1, 0.15) is 41.3 Å². The third-order valence-corrected chi connectivity index (χ3v) is 6.41. The first-order valence-electron chi connectivity index (χ1n) is 11.6. The van der Waals surface area contributed by atoms with Crippen molar-refractivity contribution in [1.82, 2.24) is 25.3 Å². The van der Waals surface area contributed by atoms with Gasteiger partial charge in [0.1, 0.15) is 12.1 Å². The normalized spacial score (nSPS) is 12.7. The summed E-state index contributed by atoms with van der Waals surface area (Å²) in [5, 5.41) is 7.02. The summed E-state index contributed by atoms with van der Waals surface area (Å²) in [4.78, 5) is 30.1. The molecule has 0 spiro atoms. The zero-order valence-corrected chi connectivity index (χ0v) is 20.7. The molecule has 2 unspecified atom stereocenters. The second-order valence-electron chi connectivity index (χ2n) is 8.67. The molecule has 4 rings (SSSR count). The molecule has 3 aromatic heterocycles. The van der Waals surface area contributed by atoms with Crippen LogP contribution in [0.3, 0.4) is 0 Å². The highest BCUT2D eigenvalue weighted by Crippen LogP contribution is 2.31. The van der Waals surface area contributed by atoms with Crippen LogP contribution in [0.15, 0.2) is 55.1 Å². The summed E-state index contributed by atoms with van der Waals surface area (Å²) in [6, 6.07) is 11.7. The van der Waals surface area contributed by atoms with Crippen LogP contribution in [0.4, 0.5) is 5.82 Å². The first kappa shape index (κ1) is 24.1. The van der Waals surface area contributed by atoms with Crippen molar-refractivity contribution in [3.8, 4) is 17.1 Å². The molecule has 8 heteroatoms. The van der Waals surface area contributed by atoms with Gasteiger partial charge in [-0.2, -0.15) is 0 Å². The number of ether oxygens (including phenoxy) is 1. The van der Waals surface area contributed by atoms with Gasteiger partial charge in [0, 0.05) is 48.6 Å². The molecule has 2 atom stereocenters. The van der Waals surface area contributed by atoms with Gasteiger partial charge >= 0.3 is 0 Å². The number of hydrogen-bond donors (Lipinski definition) is 2. The van der Waals surface area contributed by atoms with Gasteiger partial charge in [-0.05, 0) is 36.5 Å². The molecule has 1 amide bonds. The van der Waals surface area contributed by atoms with E-state index in [2.05, 4.69) is 50.5 Å². The minimum absolute atomic E-state index is 0.112. The quantitative estimate of drug-likeness (QED) is 0.387. The van der Waals surface area contributed by atoms with Gasteiger partial charge in [0.2, 0.25) is 5.88 Å². The van der Waals surface area contributed by atoms with Gasteiger partial charge < -0.3 is 15.4 Å². The molecular formula is C27H30N6O2. The van der Waals surface area contributed by atoms with Crippen molar-refractivity contribution < 1.29 is 9.53 Å². The third kappa shape index (κ3) is 5.06. The zero-order chi connectivity index (χ0) is 24.9. The molecule has 1 aromatic carbocycles. The Kier molecular flexibility index (Phi) is 7.19. The van der Waals surface area contributed by atoms with E-state index in [0.29, 0.717) is 18.0 Å². The van der Waals surface area contributed by atoms with Crippen LogP contribution in [0.25, 0.3) is 22.2 Å². The largest absolute Gasteiger partial charge is 0.481 e. The van der Waals surface area contributed by atoms with Crippen molar-refractivity contribution in [3.63, 3.8) is 0 Å². The van der Waals surface area contributed by atoms with Crippen molar-refractivity contribution in [2.45, 2.75) is 26.7 Å². The molecule has 0 fully saturated rings. The van der Waals surface area contributed by atoms with E-state index >= 15 is 0 Å². The zero-order valence-electron chi connectivity index (χ0n) is 20.7. The maximum atomic E-state index is 12.3. The molecule has 8 nitrogen and oxygen atoms in total. The molecule has 0 bridgehead atoms. The van der Waals surface area contributed by atoms with E-state index in [1.165, 1.54) is 0 Å². The Hall–Kier alpha value is -4.07. The van der Waals surface area contributed by atoms with Gasteiger partial charge in [-0.3, -0.25) is 9.78 Å². The number of aryl methyl sites for hydroxylation is 1. The molecule has 180 valence electrons. The number of rotatable bonds is 8. The van der Waals surface area contributed by atoms with Crippen LogP contribution < -0.4 is 15.4 Å². The molecule has 35 heavy (non-hydrogen) atoms. The number of anilines is 1. The van der Waals surface area contributed by atoms with E-state index in [0.717, 1.165) is 39.1 Å². The van der Waals surface area contributed by atoms with Crippen LogP contribution in [0.5, 0.6) is 5.88 Å². The second kappa shape index (κ2) is 10.5. The van der Waals surface area contributed by atoms with E-state index < -0.39 is 0 Å². The maximum Gasteiger partial charge on any atom is 0.251 e. The second-order valence-corrected chi connectivity index (χ2v) is 8.67. The number of pyridine rings is 2. The number of aromatic nitrogens is 4. The highest BCUT2D eigenvalue weighted by molar-refractivity contribution is 6.06. The van der Waals surface area contributed by atoms with E-state index in [-0.39, 0.29) is 17.7 Å². The van der Waals surface area contributed by atoms with Gasteiger partial charge in [0.25, 0.3) is 5.91 Å². The van der Waals surface area contributed by atoms with E-state index in [9.17, 15) is 4.79 Å². The monoisotopic (exact) mass is 470 g/mol. The fourth-order valence-electron chi connectivity index (χ4n) is 4.18. The summed E-state index contributed by atoms with van der Waals surface area (Å²) >= 11 is 0.